The summed E-state index contributed by atoms with van der Waals surface area (Å²) < 4.78 is 0. The van der Waals surface area contributed by atoms with E-state index in [1.807, 2.05) is 30.3 Å². The van der Waals surface area contributed by atoms with Crippen molar-refractivity contribution < 1.29 is 4.79 Å². The van der Waals surface area contributed by atoms with Crippen molar-refractivity contribution in [2.45, 2.75) is 55.0 Å². The molecular weight excluding hydrogens is 352 g/mol. The van der Waals surface area contributed by atoms with E-state index >= 15 is 0 Å². The highest BCUT2D eigenvalue weighted by atomic mass is 32.2. The number of pyridine rings is 1. The maximum absolute atomic E-state index is 13.0. The number of aromatic nitrogens is 1. The lowest BCUT2D eigenvalue weighted by atomic mass is 10.1. The summed E-state index contributed by atoms with van der Waals surface area (Å²) in [7, 11) is 0. The second kappa shape index (κ2) is 8.13. The van der Waals surface area contributed by atoms with Crippen LogP contribution < -0.4 is 5.32 Å². The summed E-state index contributed by atoms with van der Waals surface area (Å²) in [6.07, 6.45) is 5.61. The average Bonchev–Trinajstić information content (AvgIpc) is 3.21. The first-order valence-electron chi connectivity index (χ1n) is 9.70. The second-order valence-corrected chi connectivity index (χ2v) is 8.17. The van der Waals surface area contributed by atoms with Crippen LogP contribution in [0.3, 0.4) is 0 Å². The molecule has 1 aliphatic rings. The van der Waals surface area contributed by atoms with Crippen LogP contribution in [0.15, 0.2) is 64.5 Å². The van der Waals surface area contributed by atoms with Gasteiger partial charge in [0, 0.05) is 16.3 Å². The summed E-state index contributed by atoms with van der Waals surface area (Å²) in [6, 6.07) is 18.7. The molecule has 0 atom stereocenters. The average molecular weight is 377 g/mol. The first kappa shape index (κ1) is 18.1. The molecule has 138 valence electrons. The van der Waals surface area contributed by atoms with E-state index in [1.165, 1.54) is 18.4 Å². The van der Waals surface area contributed by atoms with Gasteiger partial charge in [0.25, 0.3) is 5.91 Å². The molecule has 1 heterocycles. The van der Waals surface area contributed by atoms with Crippen molar-refractivity contribution in [3.63, 3.8) is 0 Å². The number of hydrogen-bond acceptors (Lipinski definition) is 3. The minimum Gasteiger partial charge on any atom is -0.349 e. The predicted octanol–water partition coefficient (Wildman–Crippen LogP) is 5.62. The van der Waals surface area contributed by atoms with Gasteiger partial charge in [0.15, 0.2) is 0 Å². The van der Waals surface area contributed by atoms with E-state index in [0.29, 0.717) is 6.04 Å². The molecule has 4 heteroatoms. The zero-order chi connectivity index (χ0) is 18.6. The highest BCUT2D eigenvalue weighted by Gasteiger charge is 2.20. The van der Waals surface area contributed by atoms with Gasteiger partial charge < -0.3 is 5.32 Å². The largest absolute Gasteiger partial charge is 0.349 e. The zero-order valence-electron chi connectivity index (χ0n) is 15.6. The molecule has 1 aliphatic carbocycles. The number of rotatable bonds is 5. The zero-order valence-corrected chi connectivity index (χ0v) is 16.4. The molecule has 1 amide bonds. The van der Waals surface area contributed by atoms with Gasteiger partial charge in [-0.3, -0.25) is 4.79 Å². The summed E-state index contributed by atoms with van der Waals surface area (Å²) in [5, 5.41) is 4.99. The topological polar surface area (TPSA) is 42.0 Å². The molecule has 0 aliphatic heterocycles. The van der Waals surface area contributed by atoms with Crippen molar-refractivity contribution in [1.29, 1.82) is 0 Å². The van der Waals surface area contributed by atoms with E-state index in [-0.39, 0.29) is 5.91 Å². The van der Waals surface area contributed by atoms with Gasteiger partial charge in [-0.05, 0) is 49.1 Å². The maximum Gasteiger partial charge on any atom is 0.252 e. The molecule has 0 unspecified atom stereocenters. The van der Waals surface area contributed by atoms with Crippen LogP contribution in [-0.4, -0.2) is 16.9 Å². The number of benzene rings is 2. The summed E-state index contributed by atoms with van der Waals surface area (Å²) in [5.74, 6) is 0.0173. The fourth-order valence-electron chi connectivity index (χ4n) is 3.64. The standard InChI is InChI=1S/C23H24N2OS/c1-2-16-11-13-18(14-12-16)27-22-15-20(19-9-5-6-10-21(19)25-22)23(26)24-17-7-3-4-8-17/h5-6,9-15,17H,2-4,7-8H2,1H3,(H,24,26). The number of hydrogen-bond donors (Lipinski definition) is 1. The van der Waals surface area contributed by atoms with E-state index < -0.39 is 0 Å². The third-order valence-electron chi connectivity index (χ3n) is 5.18. The number of carbonyl (C=O) groups excluding carboxylic acids is 1. The van der Waals surface area contributed by atoms with Crippen molar-refractivity contribution in [3.8, 4) is 0 Å². The third-order valence-corrected chi connectivity index (χ3v) is 6.11. The van der Waals surface area contributed by atoms with Gasteiger partial charge in [0.1, 0.15) is 5.03 Å². The highest BCUT2D eigenvalue weighted by Crippen LogP contribution is 2.30. The molecule has 1 saturated carbocycles. The smallest absolute Gasteiger partial charge is 0.252 e. The minimum atomic E-state index is 0.0173. The highest BCUT2D eigenvalue weighted by molar-refractivity contribution is 7.99. The lowest BCUT2D eigenvalue weighted by Crippen LogP contribution is -2.32. The van der Waals surface area contributed by atoms with Crippen molar-refractivity contribution in [3.05, 3.63) is 65.7 Å². The maximum atomic E-state index is 13.0. The molecule has 1 fully saturated rings. The molecule has 1 N–H and O–H groups in total. The number of nitrogens with zero attached hydrogens (tertiary/aromatic N) is 1. The van der Waals surface area contributed by atoms with Crippen LogP contribution in [-0.2, 0) is 6.42 Å². The molecule has 1 aromatic heterocycles. The SMILES string of the molecule is CCc1ccc(Sc2cc(C(=O)NC3CCCC3)c3ccccc3n2)cc1. The Labute approximate surface area is 164 Å². The first-order valence-corrected chi connectivity index (χ1v) is 10.5. The number of fused-ring (bicyclic) bond motifs is 1. The molecule has 3 nitrogen and oxygen atoms in total. The predicted molar refractivity (Wildman–Crippen MR) is 111 cm³/mol. The van der Waals surface area contributed by atoms with E-state index in [1.54, 1.807) is 11.8 Å². The Morgan fingerprint density at radius 2 is 1.85 bits per heavy atom. The Hall–Kier alpha value is -2.33. The second-order valence-electron chi connectivity index (χ2n) is 7.08. The molecule has 0 radical (unpaired) electrons. The number of nitrogens with one attached hydrogen (secondary N) is 1. The molecule has 27 heavy (non-hydrogen) atoms. The van der Waals surface area contributed by atoms with Crippen LogP contribution in [0.25, 0.3) is 10.9 Å². The lowest BCUT2D eigenvalue weighted by molar-refractivity contribution is 0.0939. The third kappa shape index (κ3) is 4.16. The van der Waals surface area contributed by atoms with Crippen molar-refractivity contribution in [1.82, 2.24) is 10.3 Å². The fourth-order valence-corrected chi connectivity index (χ4v) is 4.47. The Kier molecular flexibility index (Phi) is 5.44. The molecule has 0 saturated heterocycles. The summed E-state index contributed by atoms with van der Waals surface area (Å²) in [5.41, 5.74) is 2.91. The first-order chi connectivity index (χ1) is 13.2. The number of carbonyl (C=O) groups is 1. The van der Waals surface area contributed by atoms with Crippen molar-refractivity contribution >= 4 is 28.6 Å². The number of aryl methyl sites for hydroxylation is 1. The van der Waals surface area contributed by atoms with Gasteiger partial charge in [-0.15, -0.1) is 0 Å². The van der Waals surface area contributed by atoms with E-state index in [4.69, 9.17) is 4.98 Å². The molecule has 4 rings (SSSR count). The van der Waals surface area contributed by atoms with Gasteiger partial charge in [0.2, 0.25) is 0 Å². The van der Waals surface area contributed by atoms with Crippen molar-refractivity contribution in [2.75, 3.05) is 0 Å². The Morgan fingerprint density at radius 1 is 1.11 bits per heavy atom. The lowest BCUT2D eigenvalue weighted by Gasteiger charge is -2.14. The number of para-hydroxylation sites is 1. The summed E-state index contributed by atoms with van der Waals surface area (Å²) in [6.45, 7) is 2.16. The van der Waals surface area contributed by atoms with Gasteiger partial charge in [-0.2, -0.15) is 0 Å². The quantitative estimate of drug-likeness (QED) is 0.628. The van der Waals surface area contributed by atoms with Crippen LogP contribution in [0.4, 0.5) is 0 Å². The number of amides is 1. The normalized spacial score (nSPS) is 14.6. The molecular formula is C23H24N2OS. The molecule has 2 aromatic carbocycles. The van der Waals surface area contributed by atoms with Gasteiger partial charge in [0.05, 0.1) is 11.1 Å². The minimum absolute atomic E-state index is 0.0173. The van der Waals surface area contributed by atoms with Crippen LogP contribution >= 0.6 is 11.8 Å². The van der Waals surface area contributed by atoms with Crippen LogP contribution in [0.5, 0.6) is 0 Å². The molecule has 0 spiro atoms. The van der Waals surface area contributed by atoms with Crippen LogP contribution in [0, 0.1) is 0 Å². The van der Waals surface area contributed by atoms with Crippen LogP contribution in [0.1, 0.15) is 48.5 Å². The Bertz CT molecular complexity index is 946. The molecule has 0 bridgehead atoms. The van der Waals surface area contributed by atoms with E-state index in [9.17, 15) is 4.79 Å². The monoisotopic (exact) mass is 376 g/mol. The van der Waals surface area contributed by atoms with Crippen LogP contribution in [0.2, 0.25) is 0 Å². The summed E-state index contributed by atoms with van der Waals surface area (Å²) >= 11 is 1.60. The summed E-state index contributed by atoms with van der Waals surface area (Å²) in [4.78, 5) is 18.9. The van der Waals surface area contributed by atoms with E-state index in [2.05, 4.69) is 36.5 Å². The Morgan fingerprint density at radius 3 is 2.59 bits per heavy atom. The van der Waals surface area contributed by atoms with E-state index in [0.717, 1.165) is 45.7 Å². The fraction of sp³-hybridized carbons (Fsp3) is 0.304. The molecule has 3 aromatic rings. The van der Waals surface area contributed by atoms with Gasteiger partial charge >= 0.3 is 0 Å². The van der Waals surface area contributed by atoms with Gasteiger partial charge in [-0.1, -0.05) is 61.9 Å². The van der Waals surface area contributed by atoms with Gasteiger partial charge in [-0.25, -0.2) is 4.98 Å². The Balaban J connectivity index is 1.65. The van der Waals surface area contributed by atoms with Crippen molar-refractivity contribution in [2.24, 2.45) is 0 Å².